The van der Waals surface area contributed by atoms with Gasteiger partial charge in [0.05, 0.1) is 24.0 Å². The molecule has 0 aliphatic carbocycles. The Balaban J connectivity index is 2.55. The van der Waals surface area contributed by atoms with Crippen molar-refractivity contribution < 1.29 is 45.4 Å². The molecule has 16 heteroatoms. The third-order valence-corrected chi connectivity index (χ3v) is 15.6. The van der Waals surface area contributed by atoms with E-state index in [1.54, 1.807) is 41.5 Å². The van der Waals surface area contributed by atoms with E-state index in [0.29, 0.717) is 11.5 Å². The summed E-state index contributed by atoms with van der Waals surface area (Å²) >= 11 is 0. The lowest BCUT2D eigenvalue weighted by atomic mass is 10.0. The highest BCUT2D eigenvalue weighted by Gasteiger charge is 2.50. The minimum absolute atomic E-state index is 0.105. The molecule has 0 aliphatic heterocycles. The number of carbonyl (C=O) groups is 2. The molecule has 2 atom stereocenters. The summed E-state index contributed by atoms with van der Waals surface area (Å²) in [6.07, 6.45) is 2.71. The Morgan fingerprint density at radius 1 is 0.685 bits per heavy atom. The minimum Gasteiger partial charge on any atom is -0.481 e. The maximum Gasteiger partial charge on any atom is 0.325 e. The van der Waals surface area contributed by atoms with Crippen LogP contribution in [0, 0.1) is 23.7 Å². The van der Waals surface area contributed by atoms with Gasteiger partial charge in [-0.3, -0.25) is 9.59 Å². The SMILES string of the molecule is C=CCN([C@@H](C(=O)OC)C(C)(C)SSC(C)(C)[C@H](C(=O)OC)N(CC=C)S(=O)(=O)c1ccc(OCC#CC)cc1)S(=O)(=O)c1ccc(OCC#CC)cc1. The highest BCUT2D eigenvalue weighted by atomic mass is 33.1. The van der Waals surface area contributed by atoms with Gasteiger partial charge >= 0.3 is 11.9 Å². The van der Waals surface area contributed by atoms with Crippen molar-refractivity contribution in [3.05, 3.63) is 73.8 Å². The summed E-state index contributed by atoms with van der Waals surface area (Å²) in [5.41, 5.74) is 0. The summed E-state index contributed by atoms with van der Waals surface area (Å²) in [4.78, 5) is 26.9. The number of hydrogen-bond donors (Lipinski definition) is 0. The molecule has 0 heterocycles. The first kappa shape index (κ1) is 46.3. The molecule has 0 aliphatic rings. The smallest absolute Gasteiger partial charge is 0.325 e. The number of carbonyl (C=O) groups excluding carboxylic acids is 2. The molecule has 2 rings (SSSR count). The van der Waals surface area contributed by atoms with Crippen LogP contribution in [0.5, 0.6) is 11.5 Å². The van der Waals surface area contributed by atoms with Crippen molar-refractivity contribution in [1.82, 2.24) is 8.61 Å². The monoisotopic (exact) mass is 820 g/mol. The van der Waals surface area contributed by atoms with Gasteiger partial charge in [-0.25, -0.2) is 16.8 Å². The van der Waals surface area contributed by atoms with Crippen molar-refractivity contribution in [3.8, 4) is 35.2 Å². The van der Waals surface area contributed by atoms with E-state index in [9.17, 15) is 26.4 Å². The molecule has 0 saturated carbocycles. The molecule has 0 spiro atoms. The van der Waals surface area contributed by atoms with Gasteiger partial charge in [0.2, 0.25) is 20.0 Å². The molecule has 294 valence electrons. The Kier molecular flexibility index (Phi) is 17.7. The summed E-state index contributed by atoms with van der Waals surface area (Å²) in [6, 6.07) is 8.59. The third kappa shape index (κ3) is 11.8. The Morgan fingerprint density at radius 3 is 1.26 bits per heavy atom. The Labute approximate surface area is 328 Å². The predicted molar refractivity (Wildman–Crippen MR) is 214 cm³/mol. The van der Waals surface area contributed by atoms with Crippen molar-refractivity contribution in [1.29, 1.82) is 0 Å². The maximum atomic E-state index is 14.2. The van der Waals surface area contributed by atoms with E-state index in [1.165, 1.54) is 60.7 Å². The molecule has 0 aromatic heterocycles. The van der Waals surface area contributed by atoms with Crippen molar-refractivity contribution in [2.24, 2.45) is 0 Å². The number of methoxy groups -OCH3 is 2. The van der Waals surface area contributed by atoms with Crippen LogP contribution in [0.15, 0.2) is 83.6 Å². The molecule has 2 aromatic rings. The molecule has 0 unspecified atom stereocenters. The lowest BCUT2D eigenvalue weighted by Gasteiger charge is -2.42. The van der Waals surface area contributed by atoms with Crippen molar-refractivity contribution in [2.75, 3.05) is 40.5 Å². The molecule has 2 aromatic carbocycles. The van der Waals surface area contributed by atoms with Gasteiger partial charge in [0.25, 0.3) is 0 Å². The molecule has 0 fully saturated rings. The highest BCUT2D eigenvalue weighted by Crippen LogP contribution is 2.49. The molecular formula is C38H48N2O10S4. The molecular weight excluding hydrogens is 773 g/mol. The van der Waals surface area contributed by atoms with Crippen LogP contribution < -0.4 is 9.47 Å². The number of benzene rings is 2. The summed E-state index contributed by atoms with van der Waals surface area (Å²) in [5.74, 6) is 10.1. The minimum atomic E-state index is -4.34. The molecule has 0 N–H and O–H groups in total. The van der Waals surface area contributed by atoms with E-state index in [-0.39, 0.29) is 36.1 Å². The standard InChI is InChI=1S/C38H48N2O10S4/c1-11-15-27-49-29-17-21-31(22-18-29)53(43,44)39(25-13-3)33(35(41)47-9)37(5,6)51-52-38(7,8)34(36(42)48-10)40(26-14-4)54(45,46)32-23-19-30(20-24-32)50-28-16-12-2/h13-14,17-24,33-34H,3-4,25-28H2,1-2,5-10H3/t33-,34-/m0/s1. The van der Waals surface area contributed by atoms with Crippen molar-refractivity contribution in [2.45, 2.75) is 72.9 Å². The zero-order chi connectivity index (χ0) is 40.7. The summed E-state index contributed by atoms with van der Waals surface area (Å²) in [7, 11) is -4.21. The van der Waals surface area contributed by atoms with Gasteiger partial charge < -0.3 is 18.9 Å². The van der Waals surface area contributed by atoms with Gasteiger partial charge in [-0.15, -0.1) is 25.0 Å². The Bertz CT molecular complexity index is 1810. The van der Waals surface area contributed by atoms with Gasteiger partial charge in [-0.05, 0) is 90.1 Å². The second-order valence-corrected chi connectivity index (χ2v) is 19.5. The topological polar surface area (TPSA) is 146 Å². The quantitative estimate of drug-likeness (QED) is 0.0673. The van der Waals surface area contributed by atoms with E-state index in [0.717, 1.165) is 44.4 Å². The number of esters is 2. The fourth-order valence-corrected chi connectivity index (χ4v) is 11.4. The van der Waals surface area contributed by atoms with Gasteiger partial charge in [-0.1, -0.05) is 45.6 Å². The fourth-order valence-electron chi connectivity index (χ4n) is 5.03. The summed E-state index contributed by atoms with van der Waals surface area (Å²) in [6.45, 7) is 17.1. The summed E-state index contributed by atoms with van der Waals surface area (Å²) in [5, 5.41) is 0. The first-order valence-electron chi connectivity index (χ1n) is 16.4. The van der Waals surface area contributed by atoms with E-state index in [4.69, 9.17) is 18.9 Å². The first-order chi connectivity index (χ1) is 25.4. The fraction of sp³-hybridized carbons (Fsp3) is 0.421. The lowest BCUT2D eigenvalue weighted by molar-refractivity contribution is -0.146. The molecule has 0 amide bonds. The normalized spacial score (nSPS) is 13.0. The van der Waals surface area contributed by atoms with E-state index >= 15 is 0 Å². The average Bonchev–Trinajstić information content (AvgIpc) is 3.14. The summed E-state index contributed by atoms with van der Waals surface area (Å²) < 4.78 is 77.5. The molecule has 0 saturated heterocycles. The highest BCUT2D eigenvalue weighted by molar-refractivity contribution is 8.77. The average molecular weight is 821 g/mol. The van der Waals surface area contributed by atoms with E-state index in [2.05, 4.69) is 36.8 Å². The van der Waals surface area contributed by atoms with Gasteiger partial charge in [0.15, 0.2) is 0 Å². The van der Waals surface area contributed by atoms with Crippen LogP contribution in [0.1, 0.15) is 41.5 Å². The molecule has 0 bridgehead atoms. The number of rotatable bonds is 21. The third-order valence-electron chi connectivity index (χ3n) is 7.67. The zero-order valence-electron chi connectivity index (χ0n) is 31.8. The van der Waals surface area contributed by atoms with E-state index < -0.39 is 53.6 Å². The van der Waals surface area contributed by atoms with Crippen LogP contribution in [0.3, 0.4) is 0 Å². The number of nitrogens with zero attached hydrogens (tertiary/aromatic N) is 2. The van der Waals surface area contributed by atoms with Crippen LogP contribution in [0.4, 0.5) is 0 Å². The van der Waals surface area contributed by atoms with Crippen LogP contribution in [-0.4, -0.2) is 99.5 Å². The molecule has 0 radical (unpaired) electrons. The van der Waals surface area contributed by atoms with Crippen LogP contribution >= 0.6 is 21.6 Å². The van der Waals surface area contributed by atoms with Crippen LogP contribution in [-0.2, 0) is 39.1 Å². The van der Waals surface area contributed by atoms with Gasteiger partial charge in [-0.2, -0.15) is 8.61 Å². The first-order valence-corrected chi connectivity index (χ1v) is 21.4. The van der Waals surface area contributed by atoms with Crippen molar-refractivity contribution >= 4 is 53.6 Å². The zero-order valence-corrected chi connectivity index (χ0v) is 35.0. The maximum absolute atomic E-state index is 14.2. The second-order valence-electron chi connectivity index (χ2n) is 12.3. The Morgan fingerprint density at radius 2 is 1.00 bits per heavy atom. The van der Waals surface area contributed by atoms with Gasteiger partial charge in [0.1, 0.15) is 36.8 Å². The second kappa shape index (κ2) is 20.7. The van der Waals surface area contributed by atoms with Crippen molar-refractivity contribution in [3.63, 3.8) is 0 Å². The van der Waals surface area contributed by atoms with Crippen LogP contribution in [0.25, 0.3) is 0 Å². The van der Waals surface area contributed by atoms with Crippen LogP contribution in [0.2, 0.25) is 0 Å². The number of ether oxygens (including phenoxy) is 4. The molecule has 54 heavy (non-hydrogen) atoms. The van der Waals surface area contributed by atoms with Gasteiger partial charge in [0, 0.05) is 22.6 Å². The largest absolute Gasteiger partial charge is 0.481 e. The Hall–Kier alpha value is -3.90. The van der Waals surface area contributed by atoms with E-state index in [1.807, 2.05) is 0 Å². The lowest BCUT2D eigenvalue weighted by Crippen LogP contribution is -2.56. The number of sulfonamides is 2. The number of hydrogen-bond acceptors (Lipinski definition) is 12. The predicted octanol–water partition coefficient (Wildman–Crippen LogP) is 5.57. The molecule has 12 nitrogen and oxygen atoms in total.